The highest BCUT2D eigenvalue weighted by Gasteiger charge is 2.35. The molecule has 6 heteroatoms. The number of para-hydroxylation sites is 1. The first-order chi connectivity index (χ1) is 9.25. The van der Waals surface area contributed by atoms with Crippen LogP contribution in [0.2, 0.25) is 5.15 Å². The van der Waals surface area contributed by atoms with Crippen molar-refractivity contribution < 1.29 is 4.55 Å². The van der Waals surface area contributed by atoms with Crippen LogP contribution in [0.4, 0.5) is 0 Å². The lowest BCUT2D eigenvalue weighted by Crippen LogP contribution is -2.38. The molecule has 3 nitrogen and oxygen atoms in total. The third-order valence-corrected chi connectivity index (χ3v) is 5.49. The highest BCUT2D eigenvalue weighted by molar-refractivity contribution is 9.10. The number of nitrogens with zero attached hydrogens (tertiary/aromatic N) is 1. The minimum absolute atomic E-state index is 0.327. The molecule has 0 bridgehead atoms. The molecule has 2 rings (SSSR count). The molecule has 0 fully saturated rings. The first-order valence-electron chi connectivity index (χ1n) is 5.86. The van der Waals surface area contributed by atoms with Crippen LogP contribution in [0, 0.1) is 0 Å². The van der Waals surface area contributed by atoms with Gasteiger partial charge in [0, 0.05) is 32.4 Å². The number of hydrogen-bond acceptors (Lipinski definition) is 3. The Kier molecular flexibility index (Phi) is 4.47. The molecule has 2 aromatic rings. The number of halogens is 2. The zero-order valence-electron chi connectivity index (χ0n) is 11.1. The van der Waals surface area contributed by atoms with Crippen molar-refractivity contribution in [2.45, 2.75) is 18.6 Å². The lowest BCUT2D eigenvalue weighted by molar-refractivity contribution is 0.576. The van der Waals surface area contributed by atoms with Gasteiger partial charge in [-0.25, -0.2) is 4.98 Å². The Morgan fingerprint density at radius 2 is 2.15 bits per heavy atom. The molecule has 20 heavy (non-hydrogen) atoms. The fourth-order valence-corrected chi connectivity index (χ4v) is 2.87. The van der Waals surface area contributed by atoms with E-state index in [1.165, 1.54) is 0 Å². The van der Waals surface area contributed by atoms with Crippen molar-refractivity contribution >= 4 is 55.4 Å². The first kappa shape index (κ1) is 15.8. The van der Waals surface area contributed by atoms with Crippen LogP contribution >= 0.6 is 27.5 Å². The third kappa shape index (κ3) is 2.73. The molecule has 106 valence electrons. The van der Waals surface area contributed by atoms with Gasteiger partial charge in [-0.3, -0.25) is 0 Å². The second-order valence-corrected chi connectivity index (χ2v) is 7.75. The van der Waals surface area contributed by atoms with E-state index in [-0.39, 0.29) is 0 Å². The lowest BCUT2D eigenvalue weighted by Gasteiger charge is -2.27. The van der Waals surface area contributed by atoms with Gasteiger partial charge in [-0.05, 0) is 41.9 Å². The second-order valence-electron chi connectivity index (χ2n) is 4.92. The molecule has 0 spiro atoms. The Labute approximate surface area is 134 Å². The standard InChI is InChI=1S/C14H14BrClN2OS/c1-8(14(2,3)20(17)19)10-7-9-5-4-6-11(15)12(9)18-13(10)16/h4-7H,1,17H2,2-3H3. The summed E-state index contributed by atoms with van der Waals surface area (Å²) in [5, 5.41) is 6.79. The average Bonchev–Trinajstić information content (AvgIpc) is 2.38. The van der Waals surface area contributed by atoms with E-state index in [1.807, 2.05) is 24.3 Å². The van der Waals surface area contributed by atoms with E-state index in [2.05, 4.69) is 27.5 Å². The molecule has 0 amide bonds. The summed E-state index contributed by atoms with van der Waals surface area (Å²) in [5.41, 5.74) is 2.06. The van der Waals surface area contributed by atoms with Gasteiger partial charge in [-0.15, -0.1) is 0 Å². The SMILES string of the molecule is C=C(c1cc2cccc(Br)c2nc1Cl)C(C)(C)[S+](N)[O-]. The molecule has 0 aliphatic carbocycles. The molecule has 0 saturated heterocycles. The van der Waals surface area contributed by atoms with Crippen LogP contribution in [-0.4, -0.2) is 14.3 Å². The van der Waals surface area contributed by atoms with Gasteiger partial charge in [0.1, 0.15) is 5.15 Å². The fourth-order valence-electron chi connectivity index (χ4n) is 1.80. The van der Waals surface area contributed by atoms with Gasteiger partial charge >= 0.3 is 0 Å². The predicted molar refractivity (Wildman–Crippen MR) is 89.9 cm³/mol. The van der Waals surface area contributed by atoms with E-state index >= 15 is 0 Å². The maximum atomic E-state index is 11.7. The Bertz CT molecular complexity index is 688. The molecule has 1 unspecified atom stereocenters. The molecule has 0 aliphatic heterocycles. The third-order valence-electron chi connectivity index (χ3n) is 3.30. The van der Waals surface area contributed by atoms with E-state index < -0.39 is 16.1 Å². The quantitative estimate of drug-likeness (QED) is 0.652. The van der Waals surface area contributed by atoms with Crippen LogP contribution in [0.15, 0.2) is 35.3 Å². The van der Waals surface area contributed by atoms with Crippen molar-refractivity contribution in [3.8, 4) is 0 Å². The van der Waals surface area contributed by atoms with Crippen molar-refractivity contribution in [2.24, 2.45) is 5.14 Å². The number of nitrogens with two attached hydrogens (primary N) is 1. The Morgan fingerprint density at radius 1 is 1.50 bits per heavy atom. The summed E-state index contributed by atoms with van der Waals surface area (Å²) >= 11 is 8.14. The van der Waals surface area contributed by atoms with Crippen LogP contribution in [0.3, 0.4) is 0 Å². The van der Waals surface area contributed by atoms with Crippen molar-refractivity contribution in [3.63, 3.8) is 0 Å². The topological polar surface area (TPSA) is 62.0 Å². The minimum atomic E-state index is -1.55. The highest BCUT2D eigenvalue weighted by Crippen LogP contribution is 2.36. The Hall–Kier alpha value is -0.590. The summed E-state index contributed by atoms with van der Waals surface area (Å²) < 4.78 is 11.8. The number of fused-ring (bicyclic) bond motifs is 1. The predicted octanol–water partition coefficient (Wildman–Crippen LogP) is 4.06. The number of pyridine rings is 1. The molecule has 1 aromatic heterocycles. The van der Waals surface area contributed by atoms with Crippen LogP contribution in [0.1, 0.15) is 19.4 Å². The van der Waals surface area contributed by atoms with Gasteiger partial charge in [-0.2, -0.15) is 5.14 Å². The molecule has 1 aromatic carbocycles. The molecule has 1 atom stereocenters. The summed E-state index contributed by atoms with van der Waals surface area (Å²) in [6.45, 7) is 7.54. The Morgan fingerprint density at radius 3 is 2.75 bits per heavy atom. The van der Waals surface area contributed by atoms with Crippen LogP contribution in [0.5, 0.6) is 0 Å². The monoisotopic (exact) mass is 372 g/mol. The fraction of sp³-hybridized carbons (Fsp3) is 0.214. The molecule has 0 radical (unpaired) electrons. The first-order valence-corrected chi connectivity index (χ1v) is 8.24. The van der Waals surface area contributed by atoms with E-state index in [1.54, 1.807) is 13.8 Å². The summed E-state index contributed by atoms with van der Waals surface area (Å²) in [6.07, 6.45) is 0. The smallest absolute Gasteiger partial charge is 0.164 e. The summed E-state index contributed by atoms with van der Waals surface area (Å²) in [7, 11) is 0. The number of benzene rings is 1. The van der Waals surface area contributed by atoms with Crippen molar-refractivity contribution in [1.82, 2.24) is 4.98 Å². The summed E-state index contributed by atoms with van der Waals surface area (Å²) in [5.74, 6) is 0. The zero-order valence-corrected chi connectivity index (χ0v) is 14.3. The molecular weight excluding hydrogens is 360 g/mol. The van der Waals surface area contributed by atoms with Gasteiger partial charge in [-0.1, -0.05) is 30.3 Å². The van der Waals surface area contributed by atoms with Gasteiger partial charge in [0.05, 0.1) is 5.52 Å². The second kappa shape index (κ2) is 5.66. The van der Waals surface area contributed by atoms with Gasteiger partial charge in [0.2, 0.25) is 0 Å². The van der Waals surface area contributed by atoms with Crippen molar-refractivity contribution in [3.05, 3.63) is 46.0 Å². The van der Waals surface area contributed by atoms with Gasteiger partial charge in [0.25, 0.3) is 0 Å². The largest absolute Gasteiger partial charge is 0.598 e. The number of rotatable bonds is 3. The number of aromatic nitrogens is 1. The van der Waals surface area contributed by atoms with Crippen LogP contribution in [-0.2, 0) is 11.4 Å². The molecule has 0 aliphatic rings. The normalized spacial score (nSPS) is 13.5. The molecular formula is C14H14BrClN2OS. The van der Waals surface area contributed by atoms with E-state index in [9.17, 15) is 4.55 Å². The van der Waals surface area contributed by atoms with E-state index in [0.29, 0.717) is 16.3 Å². The average molecular weight is 374 g/mol. The maximum absolute atomic E-state index is 11.7. The highest BCUT2D eigenvalue weighted by atomic mass is 79.9. The summed E-state index contributed by atoms with van der Waals surface area (Å²) in [4.78, 5) is 4.39. The van der Waals surface area contributed by atoms with E-state index in [4.69, 9.17) is 16.7 Å². The van der Waals surface area contributed by atoms with Crippen LogP contribution in [0.25, 0.3) is 16.5 Å². The zero-order chi connectivity index (χ0) is 15.1. The number of hydrogen-bond donors (Lipinski definition) is 1. The minimum Gasteiger partial charge on any atom is -0.598 e. The molecule has 1 heterocycles. The maximum Gasteiger partial charge on any atom is 0.164 e. The van der Waals surface area contributed by atoms with Crippen LogP contribution < -0.4 is 5.14 Å². The molecule has 2 N–H and O–H groups in total. The van der Waals surface area contributed by atoms with Crippen molar-refractivity contribution in [2.75, 3.05) is 0 Å². The van der Waals surface area contributed by atoms with Gasteiger partial charge in [0.15, 0.2) is 4.75 Å². The van der Waals surface area contributed by atoms with E-state index in [0.717, 1.165) is 15.4 Å². The lowest BCUT2D eigenvalue weighted by atomic mass is 9.96. The van der Waals surface area contributed by atoms with Crippen molar-refractivity contribution in [1.29, 1.82) is 0 Å². The molecule has 0 saturated carbocycles. The summed E-state index contributed by atoms with van der Waals surface area (Å²) in [6, 6.07) is 7.65. The Balaban J connectivity index is 2.62. The van der Waals surface area contributed by atoms with Gasteiger partial charge < -0.3 is 4.55 Å².